The van der Waals surface area contributed by atoms with Gasteiger partial charge in [0.05, 0.1) is 0 Å². The van der Waals surface area contributed by atoms with Gasteiger partial charge in [0.15, 0.2) is 0 Å². The first kappa shape index (κ1) is 21.9. The van der Waals surface area contributed by atoms with Crippen molar-refractivity contribution in [2.45, 2.75) is 46.5 Å². The van der Waals surface area contributed by atoms with Gasteiger partial charge in [-0.15, -0.1) is 0 Å². The molecule has 2 N–H and O–H groups in total. The lowest BCUT2D eigenvalue weighted by Gasteiger charge is -2.32. The van der Waals surface area contributed by atoms with E-state index in [1.807, 2.05) is 31.2 Å². The van der Waals surface area contributed by atoms with Gasteiger partial charge < -0.3 is 19.7 Å². The molecule has 6 nitrogen and oxygen atoms in total. The predicted molar refractivity (Wildman–Crippen MR) is 128 cm³/mol. The number of anilines is 2. The topological polar surface area (TPSA) is 82.8 Å². The summed E-state index contributed by atoms with van der Waals surface area (Å²) in [6.07, 6.45) is 2.89. The number of phenolic OH excluding ortho intramolecular Hbond substituents is 1. The van der Waals surface area contributed by atoms with E-state index < -0.39 is 5.63 Å². The molecule has 1 aliphatic heterocycles. The molecule has 1 fully saturated rings. The van der Waals surface area contributed by atoms with Crippen LogP contribution in [0.25, 0.3) is 11.0 Å². The first-order valence-electron chi connectivity index (χ1n) is 11.2. The quantitative estimate of drug-likeness (QED) is 0.557. The van der Waals surface area contributed by atoms with Crippen molar-refractivity contribution in [2.24, 2.45) is 5.92 Å². The molecule has 1 saturated heterocycles. The van der Waals surface area contributed by atoms with E-state index in [0.29, 0.717) is 23.1 Å². The molecule has 6 heteroatoms. The molecule has 1 amide bonds. The molecule has 32 heavy (non-hydrogen) atoms. The number of piperidine rings is 1. The van der Waals surface area contributed by atoms with Crippen LogP contribution >= 0.6 is 0 Å². The highest BCUT2D eigenvalue weighted by Gasteiger charge is 2.17. The van der Waals surface area contributed by atoms with Gasteiger partial charge in [0.25, 0.3) is 0 Å². The van der Waals surface area contributed by atoms with Crippen LogP contribution in [0.5, 0.6) is 5.75 Å². The van der Waals surface area contributed by atoms with E-state index in [9.17, 15) is 14.7 Å². The van der Waals surface area contributed by atoms with Crippen LogP contribution in [0.4, 0.5) is 11.4 Å². The number of nitrogens with zero attached hydrogens (tertiary/aromatic N) is 1. The molecule has 4 rings (SSSR count). The Morgan fingerprint density at radius 1 is 1.09 bits per heavy atom. The Kier molecular flexibility index (Phi) is 6.21. The van der Waals surface area contributed by atoms with E-state index in [-0.39, 0.29) is 18.1 Å². The monoisotopic (exact) mass is 434 g/mol. The van der Waals surface area contributed by atoms with Gasteiger partial charge in [0.2, 0.25) is 5.91 Å². The number of aromatic hydroxyl groups is 1. The van der Waals surface area contributed by atoms with E-state index in [1.165, 1.54) is 18.5 Å². The van der Waals surface area contributed by atoms with E-state index in [1.54, 1.807) is 19.1 Å². The number of carbonyl (C=O) groups is 1. The summed E-state index contributed by atoms with van der Waals surface area (Å²) in [6, 6.07) is 11.3. The fourth-order valence-electron chi connectivity index (χ4n) is 4.35. The highest BCUT2D eigenvalue weighted by molar-refractivity contribution is 5.91. The molecule has 0 bridgehead atoms. The number of nitrogens with one attached hydrogen (secondary N) is 1. The molecule has 0 aliphatic carbocycles. The first-order chi connectivity index (χ1) is 15.3. The van der Waals surface area contributed by atoms with Crippen LogP contribution in [-0.4, -0.2) is 24.1 Å². The molecular weight excluding hydrogens is 404 g/mol. The highest BCUT2D eigenvalue weighted by Crippen LogP contribution is 2.29. The molecular formula is C26H30N2O4. The number of amides is 1. The number of phenols is 1. The lowest BCUT2D eigenvalue weighted by Crippen LogP contribution is -2.32. The van der Waals surface area contributed by atoms with E-state index in [4.69, 9.17) is 4.42 Å². The lowest BCUT2D eigenvalue weighted by molar-refractivity contribution is -0.116. The number of aryl methyl sites for hydroxylation is 2. The summed E-state index contributed by atoms with van der Waals surface area (Å²) in [6.45, 7) is 8.00. The third kappa shape index (κ3) is 4.49. The normalized spacial score (nSPS) is 14.7. The second kappa shape index (κ2) is 9.07. The van der Waals surface area contributed by atoms with E-state index in [0.717, 1.165) is 35.6 Å². The van der Waals surface area contributed by atoms with Gasteiger partial charge >= 0.3 is 5.63 Å². The minimum absolute atomic E-state index is 0.0908. The minimum atomic E-state index is -0.461. The number of hydrogen-bond donors (Lipinski definition) is 2. The van der Waals surface area contributed by atoms with Crippen LogP contribution in [0, 0.1) is 19.8 Å². The molecule has 2 aromatic carbocycles. The fraction of sp³-hybridized carbons (Fsp3) is 0.385. The van der Waals surface area contributed by atoms with E-state index >= 15 is 0 Å². The Hall–Kier alpha value is -3.28. The average molecular weight is 435 g/mol. The fourth-order valence-corrected chi connectivity index (χ4v) is 4.35. The predicted octanol–water partition coefficient (Wildman–Crippen LogP) is 4.92. The lowest BCUT2D eigenvalue weighted by atomic mass is 9.99. The smallest absolute Gasteiger partial charge is 0.339 e. The van der Waals surface area contributed by atoms with Gasteiger partial charge in [-0.1, -0.05) is 6.92 Å². The third-order valence-corrected chi connectivity index (χ3v) is 6.58. The van der Waals surface area contributed by atoms with Crippen molar-refractivity contribution >= 4 is 28.3 Å². The third-order valence-electron chi connectivity index (χ3n) is 6.58. The second-order valence-corrected chi connectivity index (χ2v) is 8.84. The van der Waals surface area contributed by atoms with Crippen molar-refractivity contribution < 1.29 is 14.3 Å². The van der Waals surface area contributed by atoms with Crippen molar-refractivity contribution in [3.8, 4) is 5.75 Å². The molecule has 0 unspecified atom stereocenters. The first-order valence-corrected chi connectivity index (χ1v) is 11.2. The SMILES string of the molecule is Cc1c(CCC(=O)Nc2ccc(N3CCC(C)CC3)cc2)c(=O)oc2c(C)c(O)ccc12. The molecule has 2 heterocycles. The van der Waals surface area contributed by atoms with Gasteiger partial charge in [-0.3, -0.25) is 4.79 Å². The Labute approximate surface area is 187 Å². The maximum atomic E-state index is 12.5. The molecule has 0 radical (unpaired) electrons. The van der Waals surface area contributed by atoms with Crippen molar-refractivity contribution in [1.82, 2.24) is 0 Å². The number of carbonyl (C=O) groups excluding carboxylic acids is 1. The number of rotatable bonds is 5. The molecule has 3 aromatic rings. The Morgan fingerprint density at radius 3 is 2.47 bits per heavy atom. The molecule has 1 aromatic heterocycles. The van der Waals surface area contributed by atoms with Gasteiger partial charge in [-0.2, -0.15) is 0 Å². The Morgan fingerprint density at radius 2 is 1.78 bits per heavy atom. The standard InChI is InChI=1S/C26H30N2O4/c1-16-12-14-28(15-13-16)20-6-4-19(5-7-20)27-24(30)11-9-22-17(2)21-8-10-23(29)18(3)25(21)32-26(22)31/h4-8,10,16,29H,9,11-15H2,1-3H3,(H,27,30). The van der Waals surface area contributed by atoms with Crippen LogP contribution in [-0.2, 0) is 11.2 Å². The molecule has 0 atom stereocenters. The van der Waals surface area contributed by atoms with Crippen LogP contribution in [0.3, 0.4) is 0 Å². The van der Waals surface area contributed by atoms with Gasteiger partial charge in [0, 0.05) is 47.4 Å². The van der Waals surface area contributed by atoms with Crippen LogP contribution in [0.1, 0.15) is 42.9 Å². The van der Waals surface area contributed by atoms with Crippen LogP contribution in [0.2, 0.25) is 0 Å². The average Bonchev–Trinajstić information content (AvgIpc) is 2.77. The largest absolute Gasteiger partial charge is 0.508 e. The van der Waals surface area contributed by atoms with Crippen LogP contribution < -0.4 is 15.8 Å². The highest BCUT2D eigenvalue weighted by atomic mass is 16.4. The maximum absolute atomic E-state index is 12.5. The summed E-state index contributed by atoms with van der Waals surface area (Å²) in [5.41, 5.74) is 3.67. The molecule has 0 saturated carbocycles. The number of benzene rings is 2. The minimum Gasteiger partial charge on any atom is -0.508 e. The summed E-state index contributed by atoms with van der Waals surface area (Å²) in [7, 11) is 0. The molecule has 168 valence electrons. The summed E-state index contributed by atoms with van der Waals surface area (Å²) in [5, 5.41) is 13.6. The van der Waals surface area contributed by atoms with Crippen molar-refractivity contribution in [3.05, 3.63) is 63.5 Å². The zero-order chi connectivity index (χ0) is 22.8. The van der Waals surface area contributed by atoms with Gasteiger partial charge in [-0.05, 0) is 81.0 Å². The van der Waals surface area contributed by atoms with Gasteiger partial charge in [0.1, 0.15) is 11.3 Å². The van der Waals surface area contributed by atoms with E-state index in [2.05, 4.69) is 17.1 Å². The summed E-state index contributed by atoms with van der Waals surface area (Å²) < 4.78 is 5.46. The van der Waals surface area contributed by atoms with Crippen molar-refractivity contribution in [1.29, 1.82) is 0 Å². The van der Waals surface area contributed by atoms with Crippen molar-refractivity contribution in [3.63, 3.8) is 0 Å². The summed E-state index contributed by atoms with van der Waals surface area (Å²) >= 11 is 0. The Bertz CT molecular complexity index is 1190. The van der Waals surface area contributed by atoms with Gasteiger partial charge in [-0.25, -0.2) is 4.79 Å². The zero-order valence-electron chi connectivity index (χ0n) is 18.9. The summed E-state index contributed by atoms with van der Waals surface area (Å²) in [4.78, 5) is 27.4. The van der Waals surface area contributed by atoms with Crippen LogP contribution in [0.15, 0.2) is 45.6 Å². The maximum Gasteiger partial charge on any atom is 0.339 e. The molecule has 1 aliphatic rings. The number of hydrogen-bond acceptors (Lipinski definition) is 5. The second-order valence-electron chi connectivity index (χ2n) is 8.84. The zero-order valence-corrected chi connectivity index (χ0v) is 18.9. The molecule has 0 spiro atoms. The number of fused-ring (bicyclic) bond motifs is 1. The van der Waals surface area contributed by atoms with Crippen molar-refractivity contribution in [2.75, 3.05) is 23.3 Å². The Balaban J connectivity index is 1.40. The summed E-state index contributed by atoms with van der Waals surface area (Å²) in [5.74, 6) is 0.730.